The van der Waals surface area contributed by atoms with Gasteiger partial charge >= 0.3 is 5.00 Å². The lowest BCUT2D eigenvalue weighted by molar-refractivity contribution is -0.380. The molecule has 0 fully saturated rings. The van der Waals surface area contributed by atoms with Crippen molar-refractivity contribution in [2.45, 2.75) is 13.8 Å². The molecular formula is C16H17N3O4S. The van der Waals surface area contributed by atoms with Crippen molar-refractivity contribution in [1.29, 1.82) is 0 Å². The van der Waals surface area contributed by atoms with Crippen molar-refractivity contribution in [3.63, 3.8) is 0 Å². The van der Waals surface area contributed by atoms with Gasteiger partial charge in [-0.2, -0.15) is 0 Å². The molecule has 1 aromatic heterocycles. The van der Waals surface area contributed by atoms with Crippen LogP contribution in [-0.2, 0) is 0 Å². The lowest BCUT2D eigenvalue weighted by Gasteiger charge is -2.18. The van der Waals surface area contributed by atoms with Gasteiger partial charge in [0.05, 0.1) is 9.80 Å². The summed E-state index contributed by atoms with van der Waals surface area (Å²) in [6.07, 6.45) is 0. The first-order chi connectivity index (χ1) is 11.5. The van der Waals surface area contributed by atoms with E-state index < -0.39 is 10.8 Å². The SMILES string of the molecule is CCN(CC)C(=O)c1ccc(NC(=O)c2ccc([N+](=O)[O-])s2)cc1. The summed E-state index contributed by atoms with van der Waals surface area (Å²) in [5.41, 5.74) is 1.07. The summed E-state index contributed by atoms with van der Waals surface area (Å²) in [6, 6.07) is 9.27. The van der Waals surface area contributed by atoms with Gasteiger partial charge in [-0.15, -0.1) is 0 Å². The number of carbonyl (C=O) groups is 2. The van der Waals surface area contributed by atoms with Crippen LogP contribution in [-0.4, -0.2) is 34.7 Å². The molecule has 2 amide bonds. The summed E-state index contributed by atoms with van der Waals surface area (Å²) in [7, 11) is 0. The lowest BCUT2D eigenvalue weighted by atomic mass is 10.1. The van der Waals surface area contributed by atoms with Gasteiger partial charge in [-0.25, -0.2) is 0 Å². The molecule has 126 valence electrons. The molecule has 0 bridgehead atoms. The number of thiophene rings is 1. The third kappa shape index (κ3) is 3.96. The molecule has 2 rings (SSSR count). The molecule has 0 aliphatic carbocycles. The highest BCUT2D eigenvalue weighted by Crippen LogP contribution is 2.24. The number of hydrogen-bond donors (Lipinski definition) is 1. The van der Waals surface area contributed by atoms with Gasteiger partial charge in [-0.05, 0) is 44.2 Å². The Morgan fingerprint density at radius 1 is 1.12 bits per heavy atom. The fourth-order valence-corrected chi connectivity index (χ4v) is 2.85. The molecular weight excluding hydrogens is 330 g/mol. The Morgan fingerprint density at radius 3 is 2.25 bits per heavy atom. The molecule has 7 nitrogen and oxygen atoms in total. The zero-order valence-corrected chi connectivity index (χ0v) is 14.1. The van der Waals surface area contributed by atoms with Gasteiger partial charge < -0.3 is 10.2 Å². The second-order valence-electron chi connectivity index (χ2n) is 4.90. The minimum Gasteiger partial charge on any atom is -0.339 e. The van der Waals surface area contributed by atoms with E-state index in [1.54, 1.807) is 29.2 Å². The minimum absolute atomic E-state index is 0.0632. The van der Waals surface area contributed by atoms with E-state index in [9.17, 15) is 19.7 Å². The summed E-state index contributed by atoms with van der Waals surface area (Å²) in [5.74, 6) is -0.484. The Kier molecular flexibility index (Phi) is 5.64. The number of nitrogens with one attached hydrogen (secondary N) is 1. The van der Waals surface area contributed by atoms with Gasteiger partial charge in [0.2, 0.25) is 0 Å². The van der Waals surface area contributed by atoms with Crippen LogP contribution < -0.4 is 5.32 Å². The number of hydrogen-bond acceptors (Lipinski definition) is 5. The summed E-state index contributed by atoms with van der Waals surface area (Å²) in [5, 5.41) is 13.2. The first-order valence-corrected chi connectivity index (χ1v) is 8.22. The van der Waals surface area contributed by atoms with E-state index in [1.165, 1.54) is 12.1 Å². The van der Waals surface area contributed by atoms with Crippen molar-refractivity contribution in [3.05, 3.63) is 57.0 Å². The smallest absolute Gasteiger partial charge is 0.324 e. The number of carbonyl (C=O) groups excluding carboxylic acids is 2. The highest BCUT2D eigenvalue weighted by Gasteiger charge is 2.16. The summed E-state index contributed by atoms with van der Waals surface area (Å²) in [6.45, 7) is 5.09. The van der Waals surface area contributed by atoms with Crippen molar-refractivity contribution in [1.82, 2.24) is 4.90 Å². The second kappa shape index (κ2) is 7.69. The quantitative estimate of drug-likeness (QED) is 0.640. The van der Waals surface area contributed by atoms with E-state index in [2.05, 4.69) is 5.32 Å². The Balaban J connectivity index is 2.06. The predicted molar refractivity (Wildman–Crippen MR) is 92.6 cm³/mol. The van der Waals surface area contributed by atoms with Crippen LogP contribution in [0, 0.1) is 10.1 Å². The molecule has 0 saturated carbocycles. The van der Waals surface area contributed by atoms with Gasteiger partial charge in [0, 0.05) is 30.4 Å². The number of anilines is 1. The van der Waals surface area contributed by atoms with Gasteiger partial charge in [-0.3, -0.25) is 19.7 Å². The van der Waals surface area contributed by atoms with E-state index in [1.807, 2.05) is 13.8 Å². The second-order valence-corrected chi connectivity index (χ2v) is 5.97. The fraction of sp³-hybridized carbons (Fsp3) is 0.250. The van der Waals surface area contributed by atoms with Crippen molar-refractivity contribution in [2.24, 2.45) is 0 Å². The highest BCUT2D eigenvalue weighted by molar-refractivity contribution is 7.17. The van der Waals surface area contributed by atoms with Crippen LogP contribution in [0.2, 0.25) is 0 Å². The third-order valence-electron chi connectivity index (χ3n) is 3.44. The van der Waals surface area contributed by atoms with Crippen LogP contribution in [0.15, 0.2) is 36.4 Å². The van der Waals surface area contributed by atoms with Crippen LogP contribution in [0.5, 0.6) is 0 Å². The van der Waals surface area contributed by atoms with Gasteiger partial charge in [-0.1, -0.05) is 11.3 Å². The Morgan fingerprint density at radius 2 is 1.75 bits per heavy atom. The average Bonchev–Trinajstić information content (AvgIpc) is 3.07. The molecule has 0 aliphatic rings. The molecule has 0 atom stereocenters. The first kappa shape index (κ1) is 17.6. The largest absolute Gasteiger partial charge is 0.339 e. The molecule has 1 aromatic carbocycles. The number of benzene rings is 1. The molecule has 24 heavy (non-hydrogen) atoms. The van der Waals surface area contributed by atoms with E-state index in [0.717, 1.165) is 11.3 Å². The van der Waals surface area contributed by atoms with Gasteiger partial charge in [0.1, 0.15) is 0 Å². The van der Waals surface area contributed by atoms with E-state index in [4.69, 9.17) is 0 Å². The van der Waals surface area contributed by atoms with Crippen molar-refractivity contribution in [2.75, 3.05) is 18.4 Å². The number of amides is 2. The van der Waals surface area contributed by atoms with Gasteiger partial charge in [0.25, 0.3) is 11.8 Å². The number of nitrogens with zero attached hydrogens (tertiary/aromatic N) is 2. The Labute approximate surface area is 143 Å². The van der Waals surface area contributed by atoms with Crippen LogP contribution in [0.4, 0.5) is 10.7 Å². The van der Waals surface area contributed by atoms with Crippen LogP contribution in [0.25, 0.3) is 0 Å². The summed E-state index contributed by atoms with van der Waals surface area (Å²) >= 11 is 0.814. The normalized spacial score (nSPS) is 10.2. The standard InChI is InChI=1S/C16H17N3O4S/c1-3-18(4-2)16(21)11-5-7-12(8-6-11)17-15(20)13-9-10-14(24-13)19(22)23/h5-10H,3-4H2,1-2H3,(H,17,20). The monoisotopic (exact) mass is 347 g/mol. The lowest BCUT2D eigenvalue weighted by Crippen LogP contribution is -2.30. The molecule has 0 aliphatic heterocycles. The highest BCUT2D eigenvalue weighted by atomic mass is 32.1. The maximum atomic E-state index is 12.2. The first-order valence-electron chi connectivity index (χ1n) is 7.41. The maximum absolute atomic E-state index is 12.2. The van der Waals surface area contributed by atoms with Crippen molar-refractivity contribution in [3.8, 4) is 0 Å². The topological polar surface area (TPSA) is 92.6 Å². The number of nitro groups is 1. The molecule has 0 spiro atoms. The zero-order chi connectivity index (χ0) is 17.7. The minimum atomic E-state index is -0.533. The summed E-state index contributed by atoms with van der Waals surface area (Å²) < 4.78 is 0. The van der Waals surface area contributed by atoms with E-state index in [0.29, 0.717) is 24.3 Å². The number of rotatable bonds is 6. The van der Waals surface area contributed by atoms with Crippen molar-refractivity contribution >= 4 is 33.8 Å². The molecule has 2 aromatic rings. The fourth-order valence-electron chi connectivity index (χ4n) is 2.13. The molecule has 1 heterocycles. The Bertz CT molecular complexity index is 751. The third-order valence-corrected chi connectivity index (χ3v) is 4.47. The molecule has 8 heteroatoms. The van der Waals surface area contributed by atoms with Gasteiger partial charge in [0.15, 0.2) is 0 Å². The Hall–Kier alpha value is -2.74. The van der Waals surface area contributed by atoms with Crippen molar-refractivity contribution < 1.29 is 14.5 Å². The maximum Gasteiger partial charge on any atom is 0.324 e. The summed E-state index contributed by atoms with van der Waals surface area (Å²) in [4.78, 5) is 36.4. The molecule has 0 saturated heterocycles. The van der Waals surface area contributed by atoms with Crippen LogP contribution in [0.1, 0.15) is 33.9 Å². The average molecular weight is 347 g/mol. The zero-order valence-electron chi connectivity index (χ0n) is 13.3. The molecule has 1 N–H and O–H groups in total. The molecule has 0 unspecified atom stereocenters. The van der Waals surface area contributed by atoms with Crippen LogP contribution >= 0.6 is 11.3 Å². The predicted octanol–water partition coefficient (Wildman–Crippen LogP) is 3.39. The molecule has 0 radical (unpaired) electrons. The van der Waals surface area contributed by atoms with E-state index in [-0.39, 0.29) is 15.8 Å². The van der Waals surface area contributed by atoms with Crippen LogP contribution in [0.3, 0.4) is 0 Å². The van der Waals surface area contributed by atoms with E-state index >= 15 is 0 Å².